The van der Waals surface area contributed by atoms with Crippen molar-refractivity contribution in [1.82, 2.24) is 5.32 Å². The fourth-order valence-electron chi connectivity index (χ4n) is 1.77. The molecule has 0 aliphatic heterocycles. The molecular formula is C12H25NO2S. The van der Waals surface area contributed by atoms with E-state index in [1.165, 1.54) is 7.11 Å². The first-order chi connectivity index (χ1) is 7.46. The summed E-state index contributed by atoms with van der Waals surface area (Å²) >= 11 is 1.91. The van der Waals surface area contributed by atoms with Gasteiger partial charge in [-0.25, -0.2) is 0 Å². The van der Waals surface area contributed by atoms with Gasteiger partial charge in [-0.1, -0.05) is 6.92 Å². The topological polar surface area (TPSA) is 38.3 Å². The first kappa shape index (κ1) is 15.8. The van der Waals surface area contributed by atoms with Crippen LogP contribution in [0.4, 0.5) is 0 Å². The summed E-state index contributed by atoms with van der Waals surface area (Å²) < 4.78 is 4.87. The van der Waals surface area contributed by atoms with Crippen LogP contribution in [0.25, 0.3) is 0 Å². The second-order valence-electron chi connectivity index (χ2n) is 4.42. The lowest BCUT2D eigenvalue weighted by molar-refractivity contribution is -0.148. The molecule has 0 heterocycles. The van der Waals surface area contributed by atoms with Gasteiger partial charge in [0.2, 0.25) is 0 Å². The highest BCUT2D eigenvalue weighted by atomic mass is 32.2. The van der Waals surface area contributed by atoms with E-state index in [2.05, 4.69) is 12.2 Å². The average Bonchev–Trinajstić information content (AvgIpc) is 2.22. The zero-order chi connectivity index (χ0) is 12.6. The predicted octanol–water partition coefficient (Wildman–Crippen LogP) is 2.45. The van der Waals surface area contributed by atoms with Gasteiger partial charge in [0.25, 0.3) is 0 Å². The molecule has 0 radical (unpaired) electrons. The summed E-state index contributed by atoms with van der Waals surface area (Å²) in [5, 5.41) is 3.30. The monoisotopic (exact) mass is 247 g/mol. The molecule has 0 aliphatic rings. The number of methoxy groups -OCH3 is 1. The van der Waals surface area contributed by atoms with Gasteiger partial charge in [-0.05, 0) is 45.1 Å². The Bertz CT molecular complexity index is 209. The third-order valence-electron chi connectivity index (χ3n) is 2.41. The molecule has 0 spiro atoms. The van der Waals surface area contributed by atoms with E-state index in [1.54, 1.807) is 0 Å². The Morgan fingerprint density at radius 2 is 2.12 bits per heavy atom. The summed E-state index contributed by atoms with van der Waals surface area (Å²) in [6, 6.07) is 0.280. The third kappa shape index (κ3) is 5.75. The lowest BCUT2D eigenvalue weighted by Gasteiger charge is -2.30. The number of esters is 1. The predicted molar refractivity (Wildman–Crippen MR) is 70.9 cm³/mol. The highest BCUT2D eigenvalue weighted by molar-refractivity contribution is 7.99. The van der Waals surface area contributed by atoms with Crippen LogP contribution >= 0.6 is 11.8 Å². The number of hydrogen-bond acceptors (Lipinski definition) is 4. The maximum absolute atomic E-state index is 11.7. The van der Waals surface area contributed by atoms with E-state index >= 15 is 0 Å². The lowest BCUT2D eigenvalue weighted by Crippen LogP contribution is -2.53. The molecule has 0 aromatic rings. The molecule has 0 rings (SSSR count). The summed E-state index contributed by atoms with van der Waals surface area (Å²) in [5.74, 6) is 2.07. The van der Waals surface area contributed by atoms with Crippen LogP contribution in [0.3, 0.4) is 0 Å². The Labute approximate surface area is 104 Å². The van der Waals surface area contributed by atoms with Crippen molar-refractivity contribution in [1.29, 1.82) is 0 Å². The van der Waals surface area contributed by atoms with Crippen LogP contribution in [0.2, 0.25) is 0 Å². The van der Waals surface area contributed by atoms with Crippen molar-refractivity contribution in [3.8, 4) is 0 Å². The quantitative estimate of drug-likeness (QED) is 0.528. The van der Waals surface area contributed by atoms with E-state index in [9.17, 15) is 4.79 Å². The van der Waals surface area contributed by atoms with Gasteiger partial charge < -0.3 is 4.74 Å². The van der Waals surface area contributed by atoms with Crippen molar-refractivity contribution in [3.05, 3.63) is 0 Å². The highest BCUT2D eigenvalue weighted by Crippen LogP contribution is 2.17. The third-order valence-corrected chi connectivity index (χ3v) is 3.40. The van der Waals surface area contributed by atoms with Crippen LogP contribution in [-0.2, 0) is 9.53 Å². The molecule has 16 heavy (non-hydrogen) atoms. The van der Waals surface area contributed by atoms with E-state index in [-0.39, 0.29) is 12.0 Å². The fourth-order valence-corrected chi connectivity index (χ4v) is 2.40. The first-order valence-electron chi connectivity index (χ1n) is 5.90. The normalized spacial score (nSPS) is 14.9. The lowest BCUT2D eigenvalue weighted by atomic mass is 9.95. The minimum Gasteiger partial charge on any atom is -0.468 e. The van der Waals surface area contributed by atoms with Gasteiger partial charge in [-0.15, -0.1) is 0 Å². The van der Waals surface area contributed by atoms with Crippen molar-refractivity contribution in [2.24, 2.45) is 0 Å². The SMILES string of the molecule is CCSCCCC(C)(NC(C)C)C(=O)OC. The minimum absolute atomic E-state index is 0.164. The van der Waals surface area contributed by atoms with Crippen molar-refractivity contribution >= 4 is 17.7 Å². The minimum atomic E-state index is -0.544. The molecule has 0 aromatic carbocycles. The van der Waals surface area contributed by atoms with Crippen molar-refractivity contribution < 1.29 is 9.53 Å². The van der Waals surface area contributed by atoms with Crippen molar-refractivity contribution in [2.45, 2.75) is 52.1 Å². The molecule has 0 saturated carbocycles. The van der Waals surface area contributed by atoms with Crippen LogP contribution in [0, 0.1) is 0 Å². The van der Waals surface area contributed by atoms with Gasteiger partial charge in [0.05, 0.1) is 7.11 Å². The number of ether oxygens (including phenoxy) is 1. The smallest absolute Gasteiger partial charge is 0.325 e. The summed E-state index contributed by atoms with van der Waals surface area (Å²) in [6.45, 7) is 8.16. The van der Waals surface area contributed by atoms with Crippen LogP contribution in [0.5, 0.6) is 0 Å². The summed E-state index contributed by atoms with van der Waals surface area (Å²) in [7, 11) is 1.45. The van der Waals surface area contributed by atoms with Gasteiger partial charge in [-0.3, -0.25) is 10.1 Å². The molecule has 0 aromatic heterocycles. The number of rotatable bonds is 8. The summed E-state index contributed by atoms with van der Waals surface area (Å²) in [6.07, 6.45) is 1.86. The Morgan fingerprint density at radius 3 is 2.56 bits per heavy atom. The Morgan fingerprint density at radius 1 is 1.50 bits per heavy atom. The molecular weight excluding hydrogens is 222 g/mol. The molecule has 0 amide bonds. The van der Waals surface area contributed by atoms with Gasteiger partial charge in [0.15, 0.2) is 0 Å². The van der Waals surface area contributed by atoms with E-state index in [4.69, 9.17) is 4.74 Å². The van der Waals surface area contributed by atoms with Crippen LogP contribution < -0.4 is 5.32 Å². The molecule has 96 valence electrons. The second-order valence-corrected chi connectivity index (χ2v) is 5.82. The Balaban J connectivity index is 4.25. The molecule has 0 fully saturated rings. The van der Waals surface area contributed by atoms with E-state index in [0.717, 1.165) is 24.3 Å². The standard InChI is InChI=1S/C12H25NO2S/c1-6-16-9-7-8-12(4,11(14)15-5)13-10(2)3/h10,13H,6-9H2,1-5H3. The van der Waals surface area contributed by atoms with E-state index in [1.807, 2.05) is 32.5 Å². The van der Waals surface area contributed by atoms with Crippen molar-refractivity contribution in [3.63, 3.8) is 0 Å². The number of carbonyl (C=O) groups excluding carboxylic acids is 1. The van der Waals surface area contributed by atoms with Crippen LogP contribution in [-0.4, -0.2) is 36.2 Å². The maximum Gasteiger partial charge on any atom is 0.325 e. The molecule has 3 nitrogen and oxygen atoms in total. The highest BCUT2D eigenvalue weighted by Gasteiger charge is 2.33. The van der Waals surface area contributed by atoms with E-state index in [0.29, 0.717) is 0 Å². The zero-order valence-corrected chi connectivity index (χ0v) is 11.9. The molecule has 0 bridgehead atoms. The Hall–Kier alpha value is -0.220. The van der Waals surface area contributed by atoms with Crippen molar-refractivity contribution in [2.75, 3.05) is 18.6 Å². The number of nitrogens with one attached hydrogen (secondary N) is 1. The second kappa shape index (κ2) is 7.96. The summed E-state index contributed by atoms with van der Waals surface area (Å²) in [4.78, 5) is 11.7. The molecule has 1 atom stereocenters. The first-order valence-corrected chi connectivity index (χ1v) is 7.05. The van der Waals surface area contributed by atoms with Gasteiger partial charge in [-0.2, -0.15) is 11.8 Å². The fraction of sp³-hybridized carbons (Fsp3) is 0.917. The van der Waals surface area contributed by atoms with Crippen LogP contribution in [0.1, 0.15) is 40.5 Å². The summed E-state index contributed by atoms with van der Waals surface area (Å²) in [5.41, 5.74) is -0.544. The molecule has 4 heteroatoms. The average molecular weight is 247 g/mol. The van der Waals surface area contributed by atoms with Gasteiger partial charge in [0, 0.05) is 6.04 Å². The van der Waals surface area contributed by atoms with Crippen LogP contribution in [0.15, 0.2) is 0 Å². The molecule has 1 N–H and O–H groups in total. The number of thioether (sulfide) groups is 1. The molecule has 0 saturated heterocycles. The van der Waals surface area contributed by atoms with E-state index < -0.39 is 5.54 Å². The number of hydrogen-bond donors (Lipinski definition) is 1. The Kier molecular flexibility index (Phi) is 7.85. The number of carbonyl (C=O) groups is 1. The maximum atomic E-state index is 11.7. The molecule has 0 aliphatic carbocycles. The van der Waals surface area contributed by atoms with Gasteiger partial charge >= 0.3 is 5.97 Å². The van der Waals surface area contributed by atoms with Gasteiger partial charge in [0.1, 0.15) is 5.54 Å². The largest absolute Gasteiger partial charge is 0.468 e. The molecule has 1 unspecified atom stereocenters. The zero-order valence-electron chi connectivity index (χ0n) is 11.1.